The van der Waals surface area contributed by atoms with Crippen molar-refractivity contribution in [2.45, 2.75) is 6.92 Å². The molecule has 0 fully saturated rings. The van der Waals surface area contributed by atoms with Gasteiger partial charge in [-0.25, -0.2) is 9.59 Å². The highest BCUT2D eigenvalue weighted by Crippen LogP contribution is 2.23. The van der Waals surface area contributed by atoms with E-state index in [0.29, 0.717) is 11.4 Å². The summed E-state index contributed by atoms with van der Waals surface area (Å²) in [6.45, 7) is 1.94. The van der Waals surface area contributed by atoms with Crippen molar-refractivity contribution in [2.75, 3.05) is 17.2 Å². The van der Waals surface area contributed by atoms with Crippen molar-refractivity contribution in [2.24, 2.45) is 0 Å². The van der Waals surface area contributed by atoms with Gasteiger partial charge in [-0.2, -0.15) is 0 Å². The highest BCUT2D eigenvalue weighted by atomic mass is 16.7. The summed E-state index contributed by atoms with van der Waals surface area (Å²) in [4.78, 5) is 23.5. The zero-order chi connectivity index (χ0) is 18.4. The number of fused-ring (bicyclic) bond motifs is 1. The quantitative estimate of drug-likeness (QED) is 0.512. The van der Waals surface area contributed by atoms with Crippen molar-refractivity contribution in [1.82, 2.24) is 0 Å². The van der Waals surface area contributed by atoms with Crippen LogP contribution >= 0.6 is 0 Å². The van der Waals surface area contributed by atoms with Crippen molar-refractivity contribution in [3.05, 3.63) is 66.7 Å². The first-order valence-corrected chi connectivity index (χ1v) is 8.16. The van der Waals surface area contributed by atoms with E-state index in [0.717, 1.165) is 16.5 Å². The summed E-state index contributed by atoms with van der Waals surface area (Å²) < 4.78 is 9.67. The lowest BCUT2D eigenvalue weighted by molar-refractivity contribution is 0.104. The Morgan fingerprint density at radius 1 is 0.885 bits per heavy atom. The molecule has 0 aliphatic heterocycles. The highest BCUT2D eigenvalue weighted by molar-refractivity contribution is 6.06. The smallest absolute Gasteiger partial charge is 0.434 e. The molecular formula is C20H18N2O4. The van der Waals surface area contributed by atoms with E-state index < -0.39 is 6.16 Å². The molecule has 2 N–H and O–H groups in total. The standard InChI is InChI=1S/C20H18N2O4/c1-2-25-20(24)26-16-12-10-15(11-13-16)21-19(23)22-18-9-5-7-14-6-3-4-8-17(14)18/h3-13H,2H2,1H3,(H2,21,22,23). The zero-order valence-electron chi connectivity index (χ0n) is 14.2. The summed E-state index contributed by atoms with van der Waals surface area (Å²) in [5.41, 5.74) is 1.29. The molecule has 26 heavy (non-hydrogen) atoms. The van der Waals surface area contributed by atoms with Crippen LogP contribution in [0.5, 0.6) is 5.75 Å². The molecule has 2 amide bonds. The minimum Gasteiger partial charge on any atom is -0.434 e. The molecule has 3 rings (SSSR count). The van der Waals surface area contributed by atoms with Gasteiger partial charge in [0.1, 0.15) is 5.75 Å². The first-order valence-electron chi connectivity index (χ1n) is 8.16. The summed E-state index contributed by atoms with van der Waals surface area (Å²) in [5, 5.41) is 7.59. The van der Waals surface area contributed by atoms with Crippen molar-refractivity contribution in [3.63, 3.8) is 0 Å². The topological polar surface area (TPSA) is 76.7 Å². The number of benzene rings is 3. The molecule has 0 atom stereocenters. The number of amides is 2. The largest absolute Gasteiger partial charge is 0.513 e. The van der Waals surface area contributed by atoms with Crippen LogP contribution in [0.1, 0.15) is 6.92 Å². The highest BCUT2D eigenvalue weighted by Gasteiger charge is 2.07. The van der Waals surface area contributed by atoms with Crippen LogP contribution in [0.2, 0.25) is 0 Å². The summed E-state index contributed by atoms with van der Waals surface area (Å²) in [6.07, 6.45) is -0.762. The van der Waals surface area contributed by atoms with Crippen molar-refractivity contribution in [3.8, 4) is 5.75 Å². The Kier molecular flexibility index (Phi) is 5.34. The van der Waals surface area contributed by atoms with E-state index in [1.165, 1.54) is 0 Å². The van der Waals surface area contributed by atoms with Crippen molar-refractivity contribution in [1.29, 1.82) is 0 Å². The second-order valence-electron chi connectivity index (χ2n) is 5.42. The van der Waals surface area contributed by atoms with Crippen LogP contribution in [0.25, 0.3) is 10.8 Å². The number of rotatable bonds is 4. The van der Waals surface area contributed by atoms with Crippen molar-refractivity contribution >= 4 is 34.3 Å². The number of hydrogen-bond donors (Lipinski definition) is 2. The Morgan fingerprint density at radius 3 is 2.38 bits per heavy atom. The van der Waals surface area contributed by atoms with Gasteiger partial charge in [-0.3, -0.25) is 0 Å². The van der Waals surface area contributed by atoms with Gasteiger partial charge in [0.05, 0.1) is 12.3 Å². The molecule has 0 saturated carbocycles. The van der Waals surface area contributed by atoms with E-state index in [1.807, 2.05) is 42.5 Å². The van der Waals surface area contributed by atoms with Crippen LogP contribution in [0.15, 0.2) is 66.7 Å². The lowest BCUT2D eigenvalue weighted by atomic mass is 10.1. The number of nitrogens with one attached hydrogen (secondary N) is 2. The van der Waals surface area contributed by atoms with Gasteiger partial charge in [0.2, 0.25) is 0 Å². The van der Waals surface area contributed by atoms with Gasteiger partial charge >= 0.3 is 12.2 Å². The van der Waals surface area contributed by atoms with Crippen molar-refractivity contribution < 1.29 is 19.1 Å². The number of carbonyl (C=O) groups is 2. The molecule has 0 bridgehead atoms. The van der Waals surface area contributed by atoms with Gasteiger partial charge in [-0.15, -0.1) is 0 Å². The summed E-state index contributed by atoms with van der Waals surface area (Å²) in [7, 11) is 0. The Labute approximate surface area is 150 Å². The number of carbonyl (C=O) groups excluding carboxylic acids is 2. The average Bonchev–Trinajstić information content (AvgIpc) is 2.64. The van der Waals surface area contributed by atoms with Gasteiger partial charge < -0.3 is 20.1 Å². The number of ether oxygens (including phenoxy) is 2. The third-order valence-corrected chi connectivity index (χ3v) is 3.61. The van der Waals surface area contributed by atoms with Gasteiger partial charge in [0, 0.05) is 11.1 Å². The lowest BCUT2D eigenvalue weighted by Gasteiger charge is -2.10. The van der Waals surface area contributed by atoms with Crippen LogP contribution < -0.4 is 15.4 Å². The lowest BCUT2D eigenvalue weighted by Crippen LogP contribution is -2.19. The van der Waals surface area contributed by atoms with Crippen LogP contribution in [0.4, 0.5) is 21.0 Å². The van der Waals surface area contributed by atoms with Gasteiger partial charge in [-0.05, 0) is 42.6 Å². The first kappa shape index (κ1) is 17.3. The minimum atomic E-state index is -0.762. The molecule has 3 aromatic carbocycles. The molecule has 3 aromatic rings. The van der Waals surface area contributed by atoms with Crippen LogP contribution in [-0.2, 0) is 4.74 Å². The summed E-state index contributed by atoms with van der Waals surface area (Å²) in [5.74, 6) is 0.337. The fraction of sp³-hybridized carbons (Fsp3) is 0.100. The molecule has 6 heteroatoms. The number of hydrogen-bond acceptors (Lipinski definition) is 4. The maximum Gasteiger partial charge on any atom is 0.513 e. The normalized spacial score (nSPS) is 10.2. The second-order valence-corrected chi connectivity index (χ2v) is 5.42. The second kappa shape index (κ2) is 8.02. The first-order chi connectivity index (χ1) is 12.7. The molecule has 6 nitrogen and oxygen atoms in total. The van der Waals surface area contributed by atoms with E-state index in [4.69, 9.17) is 9.47 Å². The van der Waals surface area contributed by atoms with Gasteiger partial charge in [0.15, 0.2) is 0 Å². The van der Waals surface area contributed by atoms with E-state index in [2.05, 4.69) is 10.6 Å². The molecule has 0 aliphatic carbocycles. The molecule has 0 aliphatic rings. The Balaban J connectivity index is 1.63. The molecule has 0 saturated heterocycles. The number of urea groups is 1. The van der Waals surface area contributed by atoms with E-state index in [1.54, 1.807) is 31.2 Å². The summed E-state index contributed by atoms with van der Waals surface area (Å²) >= 11 is 0. The minimum absolute atomic E-state index is 0.243. The van der Waals surface area contributed by atoms with E-state index in [-0.39, 0.29) is 12.6 Å². The molecule has 0 heterocycles. The van der Waals surface area contributed by atoms with Crippen LogP contribution in [0.3, 0.4) is 0 Å². The zero-order valence-corrected chi connectivity index (χ0v) is 14.2. The van der Waals surface area contributed by atoms with Crippen LogP contribution in [0, 0.1) is 0 Å². The third-order valence-electron chi connectivity index (χ3n) is 3.61. The molecule has 0 aromatic heterocycles. The Hall–Kier alpha value is -3.54. The fourth-order valence-electron chi connectivity index (χ4n) is 2.47. The monoisotopic (exact) mass is 350 g/mol. The molecular weight excluding hydrogens is 332 g/mol. The van der Waals surface area contributed by atoms with Crippen LogP contribution in [-0.4, -0.2) is 18.8 Å². The fourth-order valence-corrected chi connectivity index (χ4v) is 2.47. The maximum atomic E-state index is 12.2. The molecule has 0 radical (unpaired) electrons. The average molecular weight is 350 g/mol. The van der Waals surface area contributed by atoms with Gasteiger partial charge in [-0.1, -0.05) is 36.4 Å². The summed E-state index contributed by atoms with van der Waals surface area (Å²) in [6, 6.07) is 19.6. The maximum absolute atomic E-state index is 12.2. The molecule has 0 spiro atoms. The molecule has 132 valence electrons. The third kappa shape index (κ3) is 4.30. The van der Waals surface area contributed by atoms with E-state index in [9.17, 15) is 9.59 Å². The SMILES string of the molecule is CCOC(=O)Oc1ccc(NC(=O)Nc2cccc3ccccc23)cc1. The van der Waals surface area contributed by atoms with E-state index >= 15 is 0 Å². The Morgan fingerprint density at radius 2 is 1.62 bits per heavy atom. The van der Waals surface area contributed by atoms with Gasteiger partial charge in [0.25, 0.3) is 0 Å². The molecule has 0 unspecified atom stereocenters. The Bertz CT molecular complexity index is 917. The predicted molar refractivity (Wildman–Crippen MR) is 101 cm³/mol. The predicted octanol–water partition coefficient (Wildman–Crippen LogP) is 5.02. The number of anilines is 2.